The summed E-state index contributed by atoms with van der Waals surface area (Å²) >= 11 is 6.21. The predicted molar refractivity (Wildman–Crippen MR) is 137 cm³/mol. The number of nitrogens with zero attached hydrogens (tertiary/aromatic N) is 2. The smallest absolute Gasteiger partial charge is 0.0662 e. The number of fused-ring (bicyclic) bond motifs is 2. The lowest BCUT2D eigenvalue weighted by molar-refractivity contribution is 0.474. The molecule has 0 bridgehead atoms. The maximum atomic E-state index is 6.21. The van der Waals surface area contributed by atoms with Crippen LogP contribution in [0.15, 0.2) is 83.9 Å². The molecule has 4 nitrogen and oxygen atoms in total. The Balaban J connectivity index is 1.53. The maximum absolute atomic E-state index is 6.21. The van der Waals surface area contributed by atoms with Crippen LogP contribution in [0.2, 0.25) is 5.02 Å². The third-order valence-corrected chi connectivity index (χ3v) is 6.51. The summed E-state index contributed by atoms with van der Waals surface area (Å²) in [5.41, 5.74) is 5.92. The van der Waals surface area contributed by atoms with Gasteiger partial charge in [0, 0.05) is 40.6 Å². The van der Waals surface area contributed by atoms with Crippen LogP contribution in [-0.4, -0.2) is 29.9 Å². The van der Waals surface area contributed by atoms with Crippen LogP contribution < -0.4 is 15.5 Å². The van der Waals surface area contributed by atoms with Crippen molar-refractivity contribution in [3.63, 3.8) is 0 Å². The Labute approximate surface area is 195 Å². The predicted octanol–water partition coefficient (Wildman–Crippen LogP) is 6.76. The molecule has 1 aliphatic heterocycles. The van der Waals surface area contributed by atoms with Gasteiger partial charge in [0.15, 0.2) is 0 Å². The third-order valence-electron chi connectivity index (χ3n) is 6.25. The first-order valence-electron chi connectivity index (χ1n) is 11.4. The molecule has 5 rings (SSSR count). The van der Waals surface area contributed by atoms with Crippen molar-refractivity contribution in [1.29, 1.82) is 0 Å². The molecule has 0 amide bonds. The number of rotatable bonds is 4. The highest BCUT2D eigenvalue weighted by molar-refractivity contribution is 6.30. The minimum Gasteiger partial charge on any atom is -0.378 e. The first kappa shape index (κ1) is 20.9. The van der Waals surface area contributed by atoms with Gasteiger partial charge in [0.1, 0.15) is 0 Å². The van der Waals surface area contributed by atoms with Crippen molar-refractivity contribution in [2.24, 2.45) is 4.99 Å². The van der Waals surface area contributed by atoms with E-state index in [1.54, 1.807) is 0 Å². The van der Waals surface area contributed by atoms with Gasteiger partial charge < -0.3 is 15.5 Å². The Kier molecular flexibility index (Phi) is 5.79. The molecule has 0 spiro atoms. The maximum Gasteiger partial charge on any atom is 0.0662 e. The molecule has 32 heavy (non-hydrogen) atoms. The Morgan fingerprint density at radius 3 is 2.44 bits per heavy atom. The zero-order valence-electron chi connectivity index (χ0n) is 18.5. The highest BCUT2D eigenvalue weighted by atomic mass is 35.5. The van der Waals surface area contributed by atoms with E-state index in [-0.39, 0.29) is 18.1 Å². The van der Waals surface area contributed by atoms with Crippen LogP contribution in [0.4, 0.5) is 22.7 Å². The molecule has 1 heterocycles. The topological polar surface area (TPSA) is 39.7 Å². The molecule has 2 N–H and O–H groups in total. The van der Waals surface area contributed by atoms with E-state index in [0.29, 0.717) is 6.04 Å². The normalized spacial score (nSPS) is 23.4. The third kappa shape index (κ3) is 4.20. The van der Waals surface area contributed by atoms with Crippen LogP contribution in [0, 0.1) is 0 Å². The fourth-order valence-electron chi connectivity index (χ4n) is 4.94. The molecule has 3 aromatic carbocycles. The van der Waals surface area contributed by atoms with Crippen LogP contribution in [0.1, 0.15) is 26.7 Å². The van der Waals surface area contributed by atoms with Crippen molar-refractivity contribution in [3.05, 3.63) is 83.9 Å². The molecule has 1 fully saturated rings. The Morgan fingerprint density at radius 2 is 1.69 bits per heavy atom. The fourth-order valence-corrected chi connectivity index (χ4v) is 5.07. The van der Waals surface area contributed by atoms with E-state index < -0.39 is 0 Å². The number of halogens is 1. The number of hydrogen-bond acceptors (Lipinski definition) is 4. The molecule has 1 saturated carbocycles. The second kappa shape index (κ2) is 8.87. The number of para-hydroxylation sites is 3. The second-order valence-corrected chi connectivity index (χ2v) is 9.34. The summed E-state index contributed by atoms with van der Waals surface area (Å²) in [5.74, 6) is 0. The van der Waals surface area contributed by atoms with E-state index in [4.69, 9.17) is 16.6 Å². The highest BCUT2D eigenvalue weighted by Gasteiger charge is 2.42. The van der Waals surface area contributed by atoms with Crippen molar-refractivity contribution in [2.75, 3.05) is 15.5 Å². The molecule has 2 aliphatic rings. The molecule has 0 radical (unpaired) electrons. The minimum absolute atomic E-state index is 0.200. The molecule has 164 valence electrons. The van der Waals surface area contributed by atoms with Crippen molar-refractivity contribution in [2.45, 2.75) is 50.9 Å². The summed E-state index contributed by atoms with van der Waals surface area (Å²) in [7, 11) is 0. The van der Waals surface area contributed by atoms with Gasteiger partial charge in [0.05, 0.1) is 23.5 Å². The summed E-state index contributed by atoms with van der Waals surface area (Å²) in [6.07, 6.45) is 1.86. The Hall–Kier alpha value is -2.98. The molecule has 3 aromatic rings. The van der Waals surface area contributed by atoms with Gasteiger partial charge in [-0.2, -0.15) is 0 Å². The SMILES string of the molecule is CC(C)N=C1CC2C(CC1Nc1ccccc1)Nc1ccccc1N2c1ccc(Cl)cc1. The van der Waals surface area contributed by atoms with E-state index in [2.05, 4.69) is 96.1 Å². The Morgan fingerprint density at radius 1 is 0.969 bits per heavy atom. The molecule has 5 heteroatoms. The zero-order chi connectivity index (χ0) is 22.1. The lowest BCUT2D eigenvalue weighted by Crippen LogP contribution is -2.57. The van der Waals surface area contributed by atoms with Gasteiger partial charge in [-0.25, -0.2) is 0 Å². The van der Waals surface area contributed by atoms with Gasteiger partial charge in [-0.05, 0) is 68.8 Å². The standard InChI is InChI=1S/C27H29ClN4/c1-18(2)29-24-17-27-25(16-23(24)30-20-8-4-3-5-9-20)31-22-10-6-7-11-26(22)32(27)21-14-12-19(28)13-15-21/h3-15,18,23,25,27,30-31H,16-17H2,1-2H3. The van der Waals surface area contributed by atoms with Crippen molar-refractivity contribution in [1.82, 2.24) is 0 Å². The number of aliphatic imine (C=N–C) groups is 1. The first-order valence-corrected chi connectivity index (χ1v) is 11.7. The lowest BCUT2D eigenvalue weighted by atomic mass is 9.81. The summed E-state index contributed by atoms with van der Waals surface area (Å²) in [4.78, 5) is 7.56. The Bertz CT molecular complexity index is 1090. The van der Waals surface area contributed by atoms with Gasteiger partial charge in [0.25, 0.3) is 0 Å². The molecule has 0 saturated heterocycles. The summed E-state index contributed by atoms with van der Waals surface area (Å²) < 4.78 is 0. The van der Waals surface area contributed by atoms with Crippen molar-refractivity contribution >= 4 is 40.1 Å². The second-order valence-electron chi connectivity index (χ2n) is 8.90. The molecule has 3 unspecified atom stereocenters. The molecular weight excluding hydrogens is 416 g/mol. The van der Waals surface area contributed by atoms with Gasteiger partial charge in [-0.15, -0.1) is 0 Å². The number of anilines is 4. The number of benzene rings is 3. The van der Waals surface area contributed by atoms with Gasteiger partial charge in [0.2, 0.25) is 0 Å². The lowest BCUT2D eigenvalue weighted by Gasteiger charge is -2.49. The van der Waals surface area contributed by atoms with Crippen LogP contribution >= 0.6 is 11.6 Å². The van der Waals surface area contributed by atoms with Crippen LogP contribution in [0.25, 0.3) is 0 Å². The zero-order valence-corrected chi connectivity index (χ0v) is 19.3. The average Bonchev–Trinajstić information content (AvgIpc) is 2.79. The quantitative estimate of drug-likeness (QED) is 0.466. The summed E-state index contributed by atoms with van der Waals surface area (Å²) in [5, 5.41) is 8.34. The molecule has 0 aromatic heterocycles. The number of hydrogen-bond donors (Lipinski definition) is 2. The monoisotopic (exact) mass is 444 g/mol. The van der Waals surface area contributed by atoms with E-state index in [1.807, 2.05) is 12.1 Å². The molecular formula is C27H29ClN4. The van der Waals surface area contributed by atoms with E-state index in [9.17, 15) is 0 Å². The molecule has 1 aliphatic carbocycles. The average molecular weight is 445 g/mol. The van der Waals surface area contributed by atoms with Gasteiger partial charge in [-0.3, -0.25) is 4.99 Å². The van der Waals surface area contributed by atoms with Crippen LogP contribution in [-0.2, 0) is 0 Å². The van der Waals surface area contributed by atoms with Crippen LogP contribution in [0.3, 0.4) is 0 Å². The van der Waals surface area contributed by atoms with Gasteiger partial charge in [-0.1, -0.05) is 41.9 Å². The number of nitrogens with one attached hydrogen (secondary N) is 2. The van der Waals surface area contributed by atoms with E-state index in [0.717, 1.165) is 29.2 Å². The fraction of sp³-hybridized carbons (Fsp3) is 0.296. The summed E-state index contributed by atoms with van der Waals surface area (Å²) in [6.45, 7) is 4.31. The minimum atomic E-state index is 0.200. The summed E-state index contributed by atoms with van der Waals surface area (Å²) in [6, 6.07) is 28.2. The largest absolute Gasteiger partial charge is 0.378 e. The van der Waals surface area contributed by atoms with E-state index >= 15 is 0 Å². The van der Waals surface area contributed by atoms with Crippen molar-refractivity contribution in [3.8, 4) is 0 Å². The first-order chi connectivity index (χ1) is 15.6. The van der Waals surface area contributed by atoms with Crippen molar-refractivity contribution < 1.29 is 0 Å². The van der Waals surface area contributed by atoms with Gasteiger partial charge >= 0.3 is 0 Å². The van der Waals surface area contributed by atoms with Crippen LogP contribution in [0.5, 0.6) is 0 Å². The van der Waals surface area contributed by atoms with E-state index in [1.165, 1.54) is 17.1 Å². The highest BCUT2D eigenvalue weighted by Crippen LogP contribution is 2.43. The molecule has 3 atom stereocenters.